The fourth-order valence-corrected chi connectivity index (χ4v) is 3.49. The number of nitrogens with one attached hydrogen (secondary N) is 1. The average Bonchev–Trinajstić information content (AvgIpc) is 2.12. The second kappa shape index (κ2) is 6.50. The highest BCUT2D eigenvalue weighted by atomic mass is 32.2. The summed E-state index contributed by atoms with van der Waals surface area (Å²) in [6, 6.07) is 0. The van der Waals surface area contributed by atoms with Crippen molar-refractivity contribution in [3.8, 4) is 0 Å². The quantitative estimate of drug-likeness (QED) is 0.528. The Morgan fingerprint density at radius 2 is 1.81 bits per heavy atom. The van der Waals surface area contributed by atoms with E-state index in [0.29, 0.717) is 0 Å². The van der Waals surface area contributed by atoms with Crippen molar-refractivity contribution >= 4 is 19.9 Å². The highest BCUT2D eigenvalue weighted by Crippen LogP contribution is 1.91. The summed E-state index contributed by atoms with van der Waals surface area (Å²) >= 11 is 0. The standard InChI is InChI=1S/C7H17NO6S2/c1-14-6-7(9)5-8-16(12,13)4-3-15(2,10)11/h7-9H,3-6H2,1-2H3. The molecule has 0 heterocycles. The number of hydrogen-bond donors (Lipinski definition) is 2. The van der Waals surface area contributed by atoms with Crippen LogP contribution < -0.4 is 4.72 Å². The molecule has 0 aromatic carbocycles. The van der Waals surface area contributed by atoms with Crippen LogP contribution in [-0.2, 0) is 24.6 Å². The van der Waals surface area contributed by atoms with Gasteiger partial charge in [-0.2, -0.15) is 0 Å². The van der Waals surface area contributed by atoms with E-state index in [1.165, 1.54) is 7.11 Å². The number of ether oxygens (including phenoxy) is 1. The number of aliphatic hydroxyl groups is 1. The third kappa shape index (κ3) is 9.04. The Morgan fingerprint density at radius 3 is 2.25 bits per heavy atom. The minimum absolute atomic E-state index is 0.00853. The summed E-state index contributed by atoms with van der Waals surface area (Å²) in [6.07, 6.45) is 0.0143. The maximum Gasteiger partial charge on any atom is 0.212 e. The van der Waals surface area contributed by atoms with E-state index in [1.54, 1.807) is 0 Å². The SMILES string of the molecule is COCC(O)CNS(=O)(=O)CCS(C)(=O)=O. The zero-order chi connectivity index (χ0) is 12.8. The second-order valence-corrected chi connectivity index (χ2v) is 7.59. The summed E-state index contributed by atoms with van der Waals surface area (Å²) in [5.41, 5.74) is 0. The molecule has 2 N–H and O–H groups in total. The minimum Gasteiger partial charge on any atom is -0.389 e. The molecule has 0 bridgehead atoms. The predicted octanol–water partition coefficient (Wildman–Crippen LogP) is -2.04. The first kappa shape index (κ1) is 15.8. The molecule has 0 aliphatic rings. The van der Waals surface area contributed by atoms with E-state index in [0.717, 1.165) is 6.26 Å². The molecule has 98 valence electrons. The normalized spacial score (nSPS) is 14.9. The van der Waals surface area contributed by atoms with E-state index in [1.807, 2.05) is 0 Å². The van der Waals surface area contributed by atoms with Gasteiger partial charge >= 0.3 is 0 Å². The van der Waals surface area contributed by atoms with Crippen molar-refractivity contribution in [2.45, 2.75) is 6.10 Å². The summed E-state index contributed by atoms with van der Waals surface area (Å²) in [7, 11) is -5.61. The lowest BCUT2D eigenvalue weighted by Crippen LogP contribution is -2.37. The predicted molar refractivity (Wildman–Crippen MR) is 59.4 cm³/mol. The number of methoxy groups -OCH3 is 1. The van der Waals surface area contributed by atoms with E-state index < -0.39 is 37.5 Å². The summed E-state index contributed by atoms with van der Waals surface area (Å²) in [4.78, 5) is 0. The van der Waals surface area contributed by atoms with E-state index in [2.05, 4.69) is 9.46 Å². The van der Waals surface area contributed by atoms with Gasteiger partial charge in [0.05, 0.1) is 24.2 Å². The fraction of sp³-hybridized carbons (Fsp3) is 1.00. The molecule has 16 heavy (non-hydrogen) atoms. The molecule has 1 unspecified atom stereocenters. The van der Waals surface area contributed by atoms with Crippen molar-refractivity contribution in [3.63, 3.8) is 0 Å². The number of sulfone groups is 1. The Kier molecular flexibility index (Phi) is 6.41. The molecular weight excluding hydrogens is 258 g/mol. The third-order valence-electron chi connectivity index (χ3n) is 1.62. The van der Waals surface area contributed by atoms with Gasteiger partial charge in [0.2, 0.25) is 10.0 Å². The summed E-state index contributed by atoms with van der Waals surface area (Å²) in [6.45, 7) is -0.186. The van der Waals surface area contributed by atoms with Crippen LogP contribution in [0, 0.1) is 0 Å². The first-order valence-electron chi connectivity index (χ1n) is 4.48. The molecule has 0 rings (SSSR count). The van der Waals surface area contributed by atoms with Crippen LogP contribution in [0.25, 0.3) is 0 Å². The van der Waals surface area contributed by atoms with Crippen LogP contribution in [0.1, 0.15) is 0 Å². The lowest BCUT2D eigenvalue weighted by molar-refractivity contribution is 0.0679. The molecule has 0 aliphatic heterocycles. The Hall–Kier alpha value is -0.220. The number of rotatable bonds is 8. The maximum atomic E-state index is 11.3. The van der Waals surface area contributed by atoms with Crippen LogP contribution in [0.4, 0.5) is 0 Å². The monoisotopic (exact) mass is 275 g/mol. The van der Waals surface area contributed by atoms with Gasteiger partial charge in [-0.25, -0.2) is 21.6 Å². The van der Waals surface area contributed by atoms with Crippen molar-refractivity contribution < 1.29 is 26.7 Å². The molecule has 0 saturated heterocycles. The smallest absolute Gasteiger partial charge is 0.212 e. The van der Waals surface area contributed by atoms with Gasteiger partial charge in [0, 0.05) is 19.9 Å². The van der Waals surface area contributed by atoms with Gasteiger partial charge < -0.3 is 9.84 Å². The summed E-state index contributed by atoms with van der Waals surface area (Å²) in [5.74, 6) is -0.950. The summed E-state index contributed by atoms with van der Waals surface area (Å²) in [5, 5.41) is 9.17. The zero-order valence-electron chi connectivity index (χ0n) is 9.21. The van der Waals surface area contributed by atoms with E-state index in [-0.39, 0.29) is 13.2 Å². The van der Waals surface area contributed by atoms with Crippen molar-refractivity contribution in [2.75, 3.05) is 38.0 Å². The van der Waals surface area contributed by atoms with Crippen molar-refractivity contribution in [1.82, 2.24) is 4.72 Å². The van der Waals surface area contributed by atoms with Gasteiger partial charge in [-0.15, -0.1) is 0 Å². The van der Waals surface area contributed by atoms with Crippen molar-refractivity contribution in [3.05, 3.63) is 0 Å². The van der Waals surface area contributed by atoms with Gasteiger partial charge in [-0.3, -0.25) is 0 Å². The largest absolute Gasteiger partial charge is 0.389 e. The number of sulfonamides is 1. The van der Waals surface area contributed by atoms with Gasteiger partial charge in [0.25, 0.3) is 0 Å². The first-order valence-corrected chi connectivity index (χ1v) is 8.19. The van der Waals surface area contributed by atoms with E-state index in [9.17, 15) is 21.9 Å². The number of hydrogen-bond acceptors (Lipinski definition) is 6. The zero-order valence-corrected chi connectivity index (χ0v) is 10.8. The van der Waals surface area contributed by atoms with E-state index >= 15 is 0 Å². The van der Waals surface area contributed by atoms with Crippen LogP contribution in [0.3, 0.4) is 0 Å². The van der Waals surface area contributed by atoms with E-state index in [4.69, 9.17) is 0 Å². The Balaban J connectivity index is 4.07. The Labute approximate surface area is 95.8 Å². The van der Waals surface area contributed by atoms with Crippen LogP contribution in [-0.4, -0.2) is 66.1 Å². The molecule has 0 spiro atoms. The molecule has 0 aliphatic carbocycles. The highest BCUT2D eigenvalue weighted by Gasteiger charge is 2.15. The van der Waals surface area contributed by atoms with Crippen LogP contribution in [0.2, 0.25) is 0 Å². The van der Waals surface area contributed by atoms with Crippen LogP contribution in [0.15, 0.2) is 0 Å². The highest BCUT2D eigenvalue weighted by molar-refractivity contribution is 7.93. The van der Waals surface area contributed by atoms with Gasteiger partial charge in [0.15, 0.2) is 0 Å². The molecule has 1 atom stereocenters. The molecular formula is C7H17NO6S2. The fourth-order valence-electron chi connectivity index (χ4n) is 0.808. The molecule has 0 saturated carbocycles. The molecule has 0 aromatic heterocycles. The molecule has 7 nitrogen and oxygen atoms in total. The van der Waals surface area contributed by atoms with Crippen LogP contribution >= 0.6 is 0 Å². The van der Waals surface area contributed by atoms with Gasteiger partial charge in [0.1, 0.15) is 9.84 Å². The Bertz CT molecular complexity index is 387. The summed E-state index contributed by atoms with van der Waals surface area (Å²) < 4.78 is 50.7. The van der Waals surface area contributed by atoms with Crippen molar-refractivity contribution in [2.24, 2.45) is 0 Å². The van der Waals surface area contributed by atoms with Crippen LogP contribution in [0.5, 0.6) is 0 Å². The minimum atomic E-state index is -3.67. The molecule has 0 aromatic rings. The topological polar surface area (TPSA) is 110 Å². The van der Waals surface area contributed by atoms with Gasteiger partial charge in [-0.1, -0.05) is 0 Å². The van der Waals surface area contributed by atoms with Gasteiger partial charge in [-0.05, 0) is 0 Å². The lowest BCUT2D eigenvalue weighted by Gasteiger charge is -2.10. The average molecular weight is 275 g/mol. The lowest BCUT2D eigenvalue weighted by atomic mass is 10.4. The first-order chi connectivity index (χ1) is 7.16. The Morgan fingerprint density at radius 1 is 1.25 bits per heavy atom. The third-order valence-corrected chi connectivity index (χ3v) is 4.17. The number of aliphatic hydroxyl groups excluding tert-OH is 1. The molecule has 0 radical (unpaired) electrons. The molecule has 9 heteroatoms. The second-order valence-electron chi connectivity index (χ2n) is 3.41. The van der Waals surface area contributed by atoms with Crippen molar-refractivity contribution in [1.29, 1.82) is 0 Å². The maximum absolute atomic E-state index is 11.3. The molecule has 0 fully saturated rings. The molecule has 0 amide bonds.